The first-order chi connectivity index (χ1) is 18.5. The SMILES string of the molecule is COc1ccc(C=C2CCCCc3c(C(=O)NN4CC5CCCC5C4)nn(-c4ccc(Cl)cc4Cl)c32)cc1. The van der Waals surface area contributed by atoms with Crippen LogP contribution in [0.5, 0.6) is 5.75 Å². The zero-order valence-electron chi connectivity index (χ0n) is 21.6. The largest absolute Gasteiger partial charge is 0.497 e. The van der Waals surface area contributed by atoms with Crippen LogP contribution in [0.1, 0.15) is 65.8 Å². The Balaban J connectivity index is 1.42. The summed E-state index contributed by atoms with van der Waals surface area (Å²) in [5.74, 6) is 2.06. The molecular formula is C30H32Cl2N4O2. The minimum Gasteiger partial charge on any atom is -0.497 e. The van der Waals surface area contributed by atoms with Gasteiger partial charge in [0.15, 0.2) is 5.69 Å². The third-order valence-corrected chi connectivity index (χ3v) is 8.74. The molecule has 1 amide bonds. The third kappa shape index (κ3) is 4.97. The maximum Gasteiger partial charge on any atom is 0.286 e. The first kappa shape index (κ1) is 25.5. The van der Waals surface area contributed by atoms with Gasteiger partial charge in [0.1, 0.15) is 5.75 Å². The highest BCUT2D eigenvalue weighted by molar-refractivity contribution is 6.35. The number of amides is 1. The van der Waals surface area contributed by atoms with Crippen LogP contribution >= 0.6 is 23.2 Å². The molecule has 8 heteroatoms. The van der Waals surface area contributed by atoms with Crippen molar-refractivity contribution in [3.63, 3.8) is 0 Å². The van der Waals surface area contributed by atoms with Gasteiger partial charge in [0.05, 0.1) is 23.5 Å². The molecule has 3 aromatic rings. The summed E-state index contributed by atoms with van der Waals surface area (Å²) >= 11 is 12.9. The summed E-state index contributed by atoms with van der Waals surface area (Å²) < 4.78 is 7.18. The number of hydrogen-bond acceptors (Lipinski definition) is 4. The molecule has 1 aromatic heterocycles. The van der Waals surface area contributed by atoms with Crippen molar-refractivity contribution in [2.24, 2.45) is 11.8 Å². The van der Waals surface area contributed by atoms with Gasteiger partial charge in [0.25, 0.3) is 5.91 Å². The van der Waals surface area contributed by atoms with Crippen molar-refractivity contribution in [2.75, 3.05) is 20.2 Å². The van der Waals surface area contributed by atoms with E-state index in [0.717, 1.165) is 66.9 Å². The van der Waals surface area contributed by atoms with Gasteiger partial charge in [-0.3, -0.25) is 10.2 Å². The number of fused-ring (bicyclic) bond motifs is 2. The lowest BCUT2D eigenvalue weighted by molar-refractivity contribution is 0.0807. The Bertz CT molecular complexity index is 1370. The number of carbonyl (C=O) groups is 1. The van der Waals surface area contributed by atoms with Gasteiger partial charge in [-0.1, -0.05) is 41.8 Å². The predicted octanol–water partition coefficient (Wildman–Crippen LogP) is 6.83. The summed E-state index contributed by atoms with van der Waals surface area (Å²) in [4.78, 5) is 13.7. The monoisotopic (exact) mass is 550 g/mol. The Morgan fingerprint density at radius 3 is 2.47 bits per heavy atom. The minimum absolute atomic E-state index is 0.143. The van der Waals surface area contributed by atoms with Crippen molar-refractivity contribution in [1.82, 2.24) is 20.2 Å². The fourth-order valence-electron chi connectivity index (χ4n) is 6.33. The molecule has 1 aliphatic heterocycles. The molecule has 198 valence electrons. The van der Waals surface area contributed by atoms with Gasteiger partial charge in [-0.15, -0.1) is 0 Å². The Hall–Kier alpha value is -2.80. The van der Waals surface area contributed by atoms with Crippen molar-refractivity contribution >= 4 is 40.8 Å². The van der Waals surface area contributed by atoms with E-state index in [0.29, 0.717) is 33.3 Å². The highest BCUT2D eigenvalue weighted by Gasteiger charge is 2.37. The Kier molecular flexibility index (Phi) is 7.21. The van der Waals surface area contributed by atoms with Crippen LogP contribution in [0.15, 0.2) is 42.5 Å². The topological polar surface area (TPSA) is 59.4 Å². The zero-order chi connectivity index (χ0) is 26.2. The van der Waals surface area contributed by atoms with E-state index in [2.05, 4.69) is 16.5 Å². The van der Waals surface area contributed by atoms with Gasteiger partial charge >= 0.3 is 0 Å². The molecule has 0 spiro atoms. The van der Waals surface area contributed by atoms with E-state index in [4.69, 9.17) is 33.0 Å². The van der Waals surface area contributed by atoms with E-state index >= 15 is 0 Å². The summed E-state index contributed by atoms with van der Waals surface area (Å²) in [6, 6.07) is 13.4. The molecule has 2 aromatic carbocycles. The summed E-state index contributed by atoms with van der Waals surface area (Å²) in [7, 11) is 1.67. The number of aromatic nitrogens is 2. The lowest BCUT2D eigenvalue weighted by Crippen LogP contribution is -2.41. The summed E-state index contributed by atoms with van der Waals surface area (Å²) in [6.07, 6.45) is 9.70. The summed E-state index contributed by atoms with van der Waals surface area (Å²) in [5, 5.41) is 8.07. The van der Waals surface area contributed by atoms with Crippen molar-refractivity contribution in [3.05, 3.63) is 75.0 Å². The van der Waals surface area contributed by atoms with Crippen LogP contribution in [0.25, 0.3) is 17.3 Å². The lowest BCUT2D eigenvalue weighted by Gasteiger charge is -2.17. The van der Waals surface area contributed by atoms with Gasteiger partial charge < -0.3 is 4.74 Å². The van der Waals surface area contributed by atoms with E-state index in [-0.39, 0.29) is 5.91 Å². The maximum absolute atomic E-state index is 13.7. The van der Waals surface area contributed by atoms with Crippen molar-refractivity contribution in [3.8, 4) is 11.4 Å². The number of rotatable bonds is 5. The molecule has 1 N–H and O–H groups in total. The van der Waals surface area contributed by atoms with E-state index in [9.17, 15) is 4.79 Å². The first-order valence-corrected chi connectivity index (χ1v) is 14.2. The normalized spacial score (nSPS) is 22.2. The molecule has 2 heterocycles. The average molecular weight is 552 g/mol. The van der Waals surface area contributed by atoms with Gasteiger partial charge in [0, 0.05) is 23.7 Å². The minimum atomic E-state index is -0.143. The summed E-state index contributed by atoms with van der Waals surface area (Å²) in [5.41, 5.74) is 8.51. The smallest absolute Gasteiger partial charge is 0.286 e. The van der Waals surface area contributed by atoms with E-state index < -0.39 is 0 Å². The molecular weight excluding hydrogens is 519 g/mol. The fraction of sp³-hybridized carbons (Fsp3) is 0.400. The highest BCUT2D eigenvalue weighted by Crippen LogP contribution is 2.39. The fourth-order valence-corrected chi connectivity index (χ4v) is 6.82. The Labute approximate surface area is 233 Å². The lowest BCUT2D eigenvalue weighted by atomic mass is 10.0. The van der Waals surface area contributed by atoms with Gasteiger partial charge in [0.2, 0.25) is 0 Å². The van der Waals surface area contributed by atoms with Crippen molar-refractivity contribution in [1.29, 1.82) is 0 Å². The number of hydrogen-bond donors (Lipinski definition) is 1. The third-order valence-electron chi connectivity index (χ3n) is 8.21. The number of benzene rings is 2. The quantitative estimate of drug-likeness (QED) is 0.353. The highest BCUT2D eigenvalue weighted by atomic mass is 35.5. The second-order valence-corrected chi connectivity index (χ2v) is 11.5. The number of allylic oxidation sites excluding steroid dienone is 1. The molecule has 1 saturated carbocycles. The second-order valence-electron chi connectivity index (χ2n) is 10.6. The second kappa shape index (κ2) is 10.8. The van der Waals surface area contributed by atoms with E-state index in [1.54, 1.807) is 13.2 Å². The number of hydrazine groups is 1. The van der Waals surface area contributed by atoms with Crippen LogP contribution in [0.3, 0.4) is 0 Å². The molecule has 1 saturated heterocycles. The van der Waals surface area contributed by atoms with E-state index in [1.165, 1.54) is 19.3 Å². The van der Waals surface area contributed by atoms with Crippen LogP contribution in [0.2, 0.25) is 10.0 Å². The van der Waals surface area contributed by atoms with Crippen LogP contribution in [-0.2, 0) is 6.42 Å². The van der Waals surface area contributed by atoms with Crippen LogP contribution in [0.4, 0.5) is 0 Å². The number of halogens is 2. The molecule has 2 fully saturated rings. The van der Waals surface area contributed by atoms with Gasteiger partial charge in [-0.25, -0.2) is 9.69 Å². The number of methoxy groups -OCH3 is 1. The Morgan fingerprint density at radius 1 is 1.03 bits per heavy atom. The van der Waals surface area contributed by atoms with Crippen LogP contribution in [-0.4, -0.2) is 40.9 Å². The number of ether oxygens (including phenoxy) is 1. The van der Waals surface area contributed by atoms with Crippen LogP contribution < -0.4 is 10.2 Å². The molecule has 3 aliphatic rings. The molecule has 38 heavy (non-hydrogen) atoms. The van der Waals surface area contributed by atoms with E-state index in [1.807, 2.05) is 41.1 Å². The molecule has 6 nitrogen and oxygen atoms in total. The average Bonchev–Trinajstić information content (AvgIpc) is 3.56. The van der Waals surface area contributed by atoms with Crippen LogP contribution in [0, 0.1) is 11.8 Å². The number of carbonyl (C=O) groups excluding carboxylic acids is 1. The first-order valence-electron chi connectivity index (χ1n) is 13.5. The molecule has 2 unspecified atom stereocenters. The Morgan fingerprint density at radius 2 is 1.76 bits per heavy atom. The molecule has 0 bridgehead atoms. The molecule has 0 radical (unpaired) electrons. The van der Waals surface area contributed by atoms with Crippen molar-refractivity contribution in [2.45, 2.75) is 44.9 Å². The van der Waals surface area contributed by atoms with Gasteiger partial charge in [-0.05, 0) is 97.9 Å². The maximum atomic E-state index is 13.7. The molecule has 2 atom stereocenters. The number of nitrogens with one attached hydrogen (secondary N) is 1. The number of nitrogens with zero attached hydrogens (tertiary/aromatic N) is 3. The molecule has 6 rings (SSSR count). The van der Waals surface area contributed by atoms with Crippen molar-refractivity contribution < 1.29 is 9.53 Å². The molecule has 2 aliphatic carbocycles. The van der Waals surface area contributed by atoms with Gasteiger partial charge in [-0.2, -0.15) is 5.10 Å². The standard InChI is InChI=1S/C30H32Cl2N4O2/c1-38-24-12-9-19(10-13-24)15-20-5-2-3-8-25-28(30(37)34-35-17-21-6-4-7-22(21)18-35)33-36(29(20)25)27-14-11-23(31)16-26(27)32/h9-16,21-22H,2-8,17-18H2,1H3,(H,34,37). The zero-order valence-corrected chi connectivity index (χ0v) is 23.1. The predicted molar refractivity (Wildman–Crippen MR) is 152 cm³/mol. The summed E-state index contributed by atoms with van der Waals surface area (Å²) in [6.45, 7) is 1.84.